The molecule has 20 heavy (non-hydrogen) atoms. The van der Waals surface area contributed by atoms with Crippen LogP contribution in [0.2, 0.25) is 0 Å². The molecular weight excluding hydrogens is 282 g/mol. The second-order valence-electron chi connectivity index (χ2n) is 3.69. The molecule has 0 unspecified atom stereocenters. The highest BCUT2D eigenvalue weighted by molar-refractivity contribution is 5.90. The number of nitrogen functional groups attached to an aromatic ring is 1. The Bertz CT molecular complexity index is 646. The van der Waals surface area contributed by atoms with Crippen molar-refractivity contribution in [3.05, 3.63) is 35.7 Å². The molecule has 0 bridgehead atoms. The normalized spacial score (nSPS) is 10.6. The maximum atomic E-state index is 13.3. The summed E-state index contributed by atoms with van der Waals surface area (Å²) in [7, 11) is 0. The van der Waals surface area contributed by atoms with E-state index in [1.54, 1.807) is 5.32 Å². The highest BCUT2D eigenvalue weighted by atomic mass is 19.2. The van der Waals surface area contributed by atoms with E-state index in [0.29, 0.717) is 0 Å². The fourth-order valence-electron chi connectivity index (χ4n) is 1.39. The molecule has 0 aliphatic heterocycles. The minimum atomic E-state index is -1.70. The number of nitrogens with one attached hydrogen (secondary N) is 1. The van der Waals surface area contributed by atoms with E-state index >= 15 is 0 Å². The number of carbonyl (C=O) groups is 1. The maximum absolute atomic E-state index is 13.3. The highest BCUT2D eigenvalue weighted by Crippen LogP contribution is 2.24. The molecule has 2 rings (SSSR count). The molecule has 0 aliphatic carbocycles. The summed E-state index contributed by atoms with van der Waals surface area (Å²) < 4.78 is 53.4. The standard InChI is InChI=1S/C10H7F4N5O/c11-4-1-5(12)8(14)9(7(4)13)17-6(20)2-19-3-16-10(15)18-19/h1,3H,2H2,(H2,15,18)(H,17,20). The number of nitrogens with zero attached hydrogens (tertiary/aromatic N) is 3. The van der Waals surface area contributed by atoms with Crippen molar-refractivity contribution in [1.82, 2.24) is 14.8 Å². The minimum Gasteiger partial charge on any atom is -0.367 e. The molecule has 1 aromatic carbocycles. The van der Waals surface area contributed by atoms with Crippen LogP contribution >= 0.6 is 0 Å². The Kier molecular flexibility index (Phi) is 3.55. The molecule has 2 aromatic rings. The summed E-state index contributed by atoms with van der Waals surface area (Å²) in [5, 5.41) is 5.28. The van der Waals surface area contributed by atoms with Crippen molar-refractivity contribution in [3.63, 3.8) is 0 Å². The van der Waals surface area contributed by atoms with Gasteiger partial charge in [0.2, 0.25) is 11.9 Å². The Morgan fingerprint density at radius 1 is 1.25 bits per heavy atom. The zero-order chi connectivity index (χ0) is 14.9. The summed E-state index contributed by atoms with van der Waals surface area (Å²) in [4.78, 5) is 15.0. The number of benzene rings is 1. The summed E-state index contributed by atoms with van der Waals surface area (Å²) in [6, 6.07) is 0.0401. The van der Waals surface area contributed by atoms with Crippen molar-refractivity contribution in [2.24, 2.45) is 0 Å². The van der Waals surface area contributed by atoms with Crippen LogP contribution in [0.4, 0.5) is 29.2 Å². The number of carbonyl (C=O) groups excluding carboxylic acids is 1. The zero-order valence-electron chi connectivity index (χ0n) is 9.70. The van der Waals surface area contributed by atoms with Crippen LogP contribution in [0.25, 0.3) is 0 Å². The molecule has 0 fully saturated rings. The fourth-order valence-corrected chi connectivity index (χ4v) is 1.39. The molecule has 106 valence electrons. The van der Waals surface area contributed by atoms with Crippen LogP contribution in [0.3, 0.4) is 0 Å². The summed E-state index contributed by atoms with van der Waals surface area (Å²) in [6.07, 6.45) is 1.10. The van der Waals surface area contributed by atoms with E-state index in [9.17, 15) is 22.4 Å². The largest absolute Gasteiger partial charge is 0.367 e. The van der Waals surface area contributed by atoms with Crippen LogP contribution in [0.1, 0.15) is 0 Å². The van der Waals surface area contributed by atoms with Gasteiger partial charge in [0.05, 0.1) is 0 Å². The van der Waals surface area contributed by atoms with Gasteiger partial charge in [-0.1, -0.05) is 0 Å². The number of aromatic nitrogens is 3. The van der Waals surface area contributed by atoms with Gasteiger partial charge in [0, 0.05) is 6.07 Å². The van der Waals surface area contributed by atoms with E-state index in [-0.39, 0.29) is 12.0 Å². The van der Waals surface area contributed by atoms with Crippen molar-refractivity contribution < 1.29 is 22.4 Å². The molecule has 1 amide bonds. The number of hydrogen-bond donors (Lipinski definition) is 2. The first-order valence-corrected chi connectivity index (χ1v) is 5.16. The van der Waals surface area contributed by atoms with Crippen molar-refractivity contribution in [2.75, 3.05) is 11.1 Å². The molecule has 0 radical (unpaired) electrons. The van der Waals surface area contributed by atoms with Gasteiger partial charge in [0.1, 0.15) is 18.6 Å². The van der Waals surface area contributed by atoms with Gasteiger partial charge in [-0.3, -0.25) is 4.79 Å². The highest BCUT2D eigenvalue weighted by Gasteiger charge is 2.21. The average molecular weight is 289 g/mol. The van der Waals surface area contributed by atoms with E-state index < -0.39 is 41.4 Å². The lowest BCUT2D eigenvalue weighted by atomic mass is 10.2. The molecule has 3 N–H and O–H groups in total. The lowest BCUT2D eigenvalue weighted by Crippen LogP contribution is -2.21. The fraction of sp³-hybridized carbons (Fsp3) is 0.100. The Labute approximate surface area is 109 Å². The van der Waals surface area contributed by atoms with Crippen LogP contribution in [0.15, 0.2) is 12.4 Å². The number of halogens is 4. The third-order valence-corrected chi connectivity index (χ3v) is 2.24. The smallest absolute Gasteiger partial charge is 0.246 e. The molecule has 0 atom stereocenters. The van der Waals surface area contributed by atoms with Gasteiger partial charge < -0.3 is 11.1 Å². The van der Waals surface area contributed by atoms with E-state index in [1.807, 2.05) is 0 Å². The molecular formula is C10H7F4N5O. The Morgan fingerprint density at radius 3 is 2.35 bits per heavy atom. The number of anilines is 2. The van der Waals surface area contributed by atoms with E-state index in [4.69, 9.17) is 5.73 Å². The molecule has 0 saturated carbocycles. The van der Waals surface area contributed by atoms with Crippen LogP contribution in [0, 0.1) is 23.3 Å². The van der Waals surface area contributed by atoms with Gasteiger partial charge in [0.25, 0.3) is 0 Å². The zero-order valence-corrected chi connectivity index (χ0v) is 9.70. The Balaban J connectivity index is 2.20. The number of hydrogen-bond acceptors (Lipinski definition) is 4. The van der Waals surface area contributed by atoms with Crippen molar-refractivity contribution in [2.45, 2.75) is 6.54 Å². The van der Waals surface area contributed by atoms with Crippen LogP contribution < -0.4 is 11.1 Å². The molecule has 1 heterocycles. The first-order valence-electron chi connectivity index (χ1n) is 5.16. The molecule has 1 aromatic heterocycles. The van der Waals surface area contributed by atoms with Gasteiger partial charge in [-0.05, 0) is 0 Å². The monoisotopic (exact) mass is 289 g/mol. The summed E-state index contributed by atoms with van der Waals surface area (Å²) in [6.45, 7) is -0.485. The molecule has 10 heteroatoms. The van der Waals surface area contributed by atoms with Crippen LogP contribution in [-0.4, -0.2) is 20.7 Å². The van der Waals surface area contributed by atoms with Crippen LogP contribution in [-0.2, 0) is 11.3 Å². The first kappa shape index (κ1) is 13.8. The lowest BCUT2D eigenvalue weighted by Gasteiger charge is -2.08. The molecule has 0 saturated heterocycles. The molecule has 6 nitrogen and oxygen atoms in total. The second-order valence-corrected chi connectivity index (χ2v) is 3.69. The topological polar surface area (TPSA) is 85.8 Å². The lowest BCUT2D eigenvalue weighted by molar-refractivity contribution is -0.117. The van der Waals surface area contributed by atoms with Crippen molar-refractivity contribution >= 4 is 17.5 Å². The van der Waals surface area contributed by atoms with Gasteiger partial charge >= 0.3 is 0 Å². The quantitative estimate of drug-likeness (QED) is 0.653. The van der Waals surface area contributed by atoms with Crippen molar-refractivity contribution in [1.29, 1.82) is 0 Å². The van der Waals surface area contributed by atoms with Crippen LogP contribution in [0.5, 0.6) is 0 Å². The van der Waals surface area contributed by atoms with Gasteiger partial charge in [-0.2, -0.15) is 0 Å². The SMILES string of the molecule is Nc1ncn(CC(=O)Nc2c(F)c(F)cc(F)c2F)n1. The molecule has 0 aliphatic rings. The van der Waals surface area contributed by atoms with Gasteiger partial charge in [0.15, 0.2) is 23.3 Å². The van der Waals surface area contributed by atoms with Crippen molar-refractivity contribution in [3.8, 4) is 0 Å². The van der Waals surface area contributed by atoms with E-state index in [1.165, 1.54) is 0 Å². The maximum Gasteiger partial charge on any atom is 0.246 e. The summed E-state index contributed by atoms with van der Waals surface area (Å²) in [5.41, 5.74) is 3.99. The number of rotatable bonds is 3. The Hall–Kier alpha value is -2.65. The first-order chi connectivity index (χ1) is 9.38. The van der Waals surface area contributed by atoms with Gasteiger partial charge in [-0.25, -0.2) is 27.2 Å². The number of amides is 1. The predicted octanol–water partition coefficient (Wildman–Crippen LogP) is 1.06. The van der Waals surface area contributed by atoms with Gasteiger partial charge in [-0.15, -0.1) is 5.10 Å². The van der Waals surface area contributed by atoms with E-state index in [2.05, 4.69) is 10.1 Å². The summed E-state index contributed by atoms with van der Waals surface area (Å²) >= 11 is 0. The number of nitrogens with two attached hydrogens (primary N) is 1. The molecule has 0 spiro atoms. The third-order valence-electron chi connectivity index (χ3n) is 2.24. The van der Waals surface area contributed by atoms with E-state index in [0.717, 1.165) is 11.0 Å². The Morgan fingerprint density at radius 2 is 1.85 bits per heavy atom. The summed E-state index contributed by atoms with van der Waals surface area (Å²) in [5.74, 6) is -7.70. The minimum absolute atomic E-state index is 0.0401. The predicted molar refractivity (Wildman–Crippen MR) is 59.3 cm³/mol. The third kappa shape index (κ3) is 2.68. The average Bonchev–Trinajstić information content (AvgIpc) is 2.77. The second kappa shape index (κ2) is 5.15.